The van der Waals surface area contributed by atoms with E-state index >= 15 is 0 Å². The van der Waals surface area contributed by atoms with Crippen LogP contribution < -0.4 is 0 Å². The topological polar surface area (TPSA) is 20.2 Å². The highest BCUT2D eigenvalue weighted by Gasteiger charge is 2.25. The molecule has 0 bridgehead atoms. The molecule has 0 aromatic heterocycles. The van der Waals surface area contributed by atoms with E-state index in [9.17, 15) is 5.11 Å². The van der Waals surface area contributed by atoms with Crippen LogP contribution in [0.4, 0.5) is 0 Å². The van der Waals surface area contributed by atoms with Gasteiger partial charge in [0.25, 0.3) is 0 Å². The van der Waals surface area contributed by atoms with Crippen LogP contribution in [-0.2, 0) is 6.42 Å². The van der Waals surface area contributed by atoms with E-state index in [1.807, 2.05) is 0 Å². The Labute approximate surface area is 106 Å². The molecule has 0 saturated carbocycles. The molecule has 0 spiro atoms. The molecule has 0 aliphatic carbocycles. The molecule has 1 rings (SSSR count). The lowest BCUT2D eigenvalue weighted by molar-refractivity contribution is 0.0268. The number of rotatable bonds is 5. The first-order chi connectivity index (χ1) is 7.91. The largest absolute Gasteiger partial charge is 0.390 e. The average Bonchev–Trinajstić information content (AvgIpc) is 2.24. The Morgan fingerprint density at radius 2 is 1.59 bits per heavy atom. The number of benzene rings is 1. The molecule has 1 heteroatoms. The predicted molar refractivity (Wildman–Crippen MR) is 74.5 cm³/mol. The minimum absolute atomic E-state index is 0.528. The standard InChI is InChI=1S/C16H26O/c1-6-8-16(17,7-2)11-15-13(4)9-12(3)10-14(15)5/h9-10,17H,6-8,11H2,1-5H3. The van der Waals surface area contributed by atoms with Gasteiger partial charge in [0, 0.05) is 6.42 Å². The van der Waals surface area contributed by atoms with Crippen molar-refractivity contribution < 1.29 is 5.11 Å². The van der Waals surface area contributed by atoms with Crippen LogP contribution >= 0.6 is 0 Å². The van der Waals surface area contributed by atoms with Gasteiger partial charge in [-0.15, -0.1) is 0 Å². The third-order valence-electron chi connectivity index (χ3n) is 3.72. The van der Waals surface area contributed by atoms with Crippen LogP contribution in [0.5, 0.6) is 0 Å². The minimum Gasteiger partial charge on any atom is -0.390 e. The molecule has 1 unspecified atom stereocenters. The lowest BCUT2D eigenvalue weighted by Crippen LogP contribution is -2.31. The summed E-state index contributed by atoms with van der Waals surface area (Å²) < 4.78 is 0. The number of aryl methyl sites for hydroxylation is 3. The molecule has 96 valence electrons. The molecule has 0 saturated heterocycles. The normalized spacial score (nSPS) is 14.7. The molecule has 1 aromatic rings. The second-order valence-corrected chi connectivity index (χ2v) is 5.38. The van der Waals surface area contributed by atoms with Crippen molar-refractivity contribution in [2.24, 2.45) is 0 Å². The quantitative estimate of drug-likeness (QED) is 0.813. The summed E-state index contributed by atoms with van der Waals surface area (Å²) in [5, 5.41) is 10.6. The molecule has 0 aliphatic rings. The lowest BCUT2D eigenvalue weighted by atomic mass is 9.84. The molecule has 0 radical (unpaired) electrons. The highest BCUT2D eigenvalue weighted by molar-refractivity contribution is 5.38. The fourth-order valence-corrected chi connectivity index (χ4v) is 2.67. The molecule has 1 atom stereocenters. The van der Waals surface area contributed by atoms with Gasteiger partial charge in [-0.1, -0.05) is 38.0 Å². The van der Waals surface area contributed by atoms with Crippen molar-refractivity contribution in [3.05, 3.63) is 34.4 Å². The maximum absolute atomic E-state index is 10.6. The molecule has 0 amide bonds. The monoisotopic (exact) mass is 234 g/mol. The average molecular weight is 234 g/mol. The van der Waals surface area contributed by atoms with E-state index in [0.717, 1.165) is 25.7 Å². The maximum Gasteiger partial charge on any atom is 0.0685 e. The predicted octanol–water partition coefficient (Wildman–Crippen LogP) is 4.10. The zero-order valence-electron chi connectivity index (χ0n) is 11.9. The summed E-state index contributed by atoms with van der Waals surface area (Å²) in [6, 6.07) is 4.43. The van der Waals surface area contributed by atoms with Crippen LogP contribution in [0.1, 0.15) is 55.4 Å². The van der Waals surface area contributed by atoms with Gasteiger partial charge in [0.2, 0.25) is 0 Å². The van der Waals surface area contributed by atoms with E-state index < -0.39 is 5.60 Å². The van der Waals surface area contributed by atoms with Crippen molar-refractivity contribution >= 4 is 0 Å². The van der Waals surface area contributed by atoms with Crippen LogP contribution in [0.3, 0.4) is 0 Å². The molecular formula is C16H26O. The summed E-state index contributed by atoms with van der Waals surface area (Å²) in [5.41, 5.74) is 4.73. The van der Waals surface area contributed by atoms with Gasteiger partial charge in [-0.2, -0.15) is 0 Å². The summed E-state index contributed by atoms with van der Waals surface area (Å²) in [6.07, 6.45) is 3.54. The molecule has 1 nitrogen and oxygen atoms in total. The first-order valence-electron chi connectivity index (χ1n) is 6.71. The summed E-state index contributed by atoms with van der Waals surface area (Å²) >= 11 is 0. The van der Waals surface area contributed by atoms with Crippen molar-refractivity contribution in [1.29, 1.82) is 0 Å². The molecule has 1 aromatic carbocycles. The van der Waals surface area contributed by atoms with Gasteiger partial charge in [0.05, 0.1) is 5.60 Å². The van der Waals surface area contributed by atoms with Crippen molar-refractivity contribution in [3.8, 4) is 0 Å². The molecule has 0 aliphatic heterocycles. The summed E-state index contributed by atoms with van der Waals surface area (Å²) in [4.78, 5) is 0. The number of aliphatic hydroxyl groups is 1. The molecule has 0 heterocycles. The summed E-state index contributed by atoms with van der Waals surface area (Å²) in [7, 11) is 0. The Morgan fingerprint density at radius 1 is 1.06 bits per heavy atom. The molecule has 0 fully saturated rings. The van der Waals surface area contributed by atoms with E-state index in [-0.39, 0.29) is 0 Å². The van der Waals surface area contributed by atoms with Crippen molar-refractivity contribution in [3.63, 3.8) is 0 Å². The molecule has 1 N–H and O–H groups in total. The smallest absolute Gasteiger partial charge is 0.0685 e. The highest BCUT2D eigenvalue weighted by Crippen LogP contribution is 2.27. The van der Waals surface area contributed by atoms with Crippen molar-refractivity contribution in [1.82, 2.24) is 0 Å². The third-order valence-corrected chi connectivity index (χ3v) is 3.72. The van der Waals surface area contributed by atoms with Gasteiger partial charge in [0.15, 0.2) is 0 Å². The Bertz CT molecular complexity index is 358. The van der Waals surface area contributed by atoms with Crippen LogP contribution in [0.2, 0.25) is 0 Å². The Morgan fingerprint density at radius 3 is 2.00 bits per heavy atom. The third kappa shape index (κ3) is 3.57. The van der Waals surface area contributed by atoms with Crippen molar-refractivity contribution in [2.45, 2.75) is 65.9 Å². The first-order valence-corrected chi connectivity index (χ1v) is 6.71. The number of hydrogen-bond donors (Lipinski definition) is 1. The van der Waals surface area contributed by atoms with E-state index in [1.165, 1.54) is 22.3 Å². The minimum atomic E-state index is -0.528. The van der Waals surface area contributed by atoms with Crippen LogP contribution in [0.25, 0.3) is 0 Å². The van der Waals surface area contributed by atoms with Crippen LogP contribution in [0, 0.1) is 20.8 Å². The fourth-order valence-electron chi connectivity index (χ4n) is 2.67. The Balaban J connectivity index is 3.01. The molecule has 17 heavy (non-hydrogen) atoms. The number of hydrogen-bond acceptors (Lipinski definition) is 1. The summed E-state index contributed by atoms with van der Waals surface area (Å²) in [6.45, 7) is 10.6. The van der Waals surface area contributed by atoms with Gasteiger partial charge in [-0.05, 0) is 50.3 Å². The van der Waals surface area contributed by atoms with Gasteiger partial charge >= 0.3 is 0 Å². The lowest BCUT2D eigenvalue weighted by Gasteiger charge is -2.28. The van der Waals surface area contributed by atoms with Gasteiger partial charge in [0.1, 0.15) is 0 Å². The van der Waals surface area contributed by atoms with E-state index in [4.69, 9.17) is 0 Å². The van der Waals surface area contributed by atoms with Gasteiger partial charge in [-0.3, -0.25) is 0 Å². The zero-order chi connectivity index (χ0) is 13.1. The van der Waals surface area contributed by atoms with E-state index in [0.29, 0.717) is 0 Å². The Kier molecular flexibility index (Phi) is 4.76. The zero-order valence-corrected chi connectivity index (χ0v) is 11.9. The SMILES string of the molecule is CCCC(O)(CC)Cc1c(C)cc(C)cc1C. The van der Waals surface area contributed by atoms with Crippen LogP contribution in [0.15, 0.2) is 12.1 Å². The van der Waals surface area contributed by atoms with Gasteiger partial charge < -0.3 is 5.11 Å². The highest BCUT2D eigenvalue weighted by atomic mass is 16.3. The van der Waals surface area contributed by atoms with E-state index in [1.54, 1.807) is 0 Å². The maximum atomic E-state index is 10.6. The van der Waals surface area contributed by atoms with Crippen LogP contribution in [-0.4, -0.2) is 10.7 Å². The first kappa shape index (κ1) is 14.2. The molecular weight excluding hydrogens is 208 g/mol. The Hall–Kier alpha value is -0.820. The fraction of sp³-hybridized carbons (Fsp3) is 0.625. The van der Waals surface area contributed by atoms with Crippen molar-refractivity contribution in [2.75, 3.05) is 0 Å². The van der Waals surface area contributed by atoms with Gasteiger partial charge in [-0.25, -0.2) is 0 Å². The summed E-state index contributed by atoms with van der Waals surface area (Å²) in [5.74, 6) is 0. The van der Waals surface area contributed by atoms with E-state index in [2.05, 4.69) is 46.8 Å². The second-order valence-electron chi connectivity index (χ2n) is 5.38. The second kappa shape index (κ2) is 5.68.